The van der Waals surface area contributed by atoms with E-state index in [1.807, 2.05) is 0 Å². The Morgan fingerprint density at radius 1 is 1.11 bits per heavy atom. The van der Waals surface area contributed by atoms with Gasteiger partial charge in [-0.25, -0.2) is 9.62 Å². The molecule has 0 radical (unpaired) electrons. The molecular formula is C12H14N4O2. The number of rotatable bonds is 0. The summed E-state index contributed by atoms with van der Waals surface area (Å²) in [6, 6.07) is 0. The minimum atomic E-state index is -0.552. The molecule has 18 heavy (non-hydrogen) atoms. The van der Waals surface area contributed by atoms with E-state index in [1.165, 1.54) is 6.42 Å². The summed E-state index contributed by atoms with van der Waals surface area (Å²) >= 11 is 0. The molecule has 6 nitrogen and oxygen atoms in total. The number of hydrogen-bond donors (Lipinski definition) is 0. The zero-order valence-electron chi connectivity index (χ0n) is 10.1. The average molecular weight is 246 g/mol. The molecule has 3 aliphatic rings. The maximum absolute atomic E-state index is 12.5. The van der Waals surface area contributed by atoms with Gasteiger partial charge in [0.2, 0.25) is 5.71 Å². The lowest BCUT2D eigenvalue weighted by Gasteiger charge is -2.28. The highest BCUT2D eigenvalue weighted by atomic mass is 16.6. The maximum Gasteiger partial charge on any atom is 0.266 e. The van der Waals surface area contributed by atoms with Crippen molar-refractivity contribution in [3.63, 3.8) is 0 Å². The zero-order valence-corrected chi connectivity index (χ0v) is 10.1. The van der Waals surface area contributed by atoms with Crippen LogP contribution in [-0.2, 0) is 6.42 Å². The van der Waals surface area contributed by atoms with E-state index < -0.39 is 5.66 Å². The first-order valence-electron chi connectivity index (χ1n) is 6.55. The molecular weight excluding hydrogens is 232 g/mol. The number of hydrogen-bond acceptors (Lipinski definition) is 5. The van der Waals surface area contributed by atoms with Crippen molar-refractivity contribution in [3.05, 3.63) is 16.6 Å². The van der Waals surface area contributed by atoms with Gasteiger partial charge in [-0.3, -0.25) is 0 Å². The highest BCUT2D eigenvalue weighted by Crippen LogP contribution is 2.37. The van der Waals surface area contributed by atoms with Crippen LogP contribution in [0.2, 0.25) is 0 Å². The van der Waals surface area contributed by atoms with Crippen LogP contribution in [0.3, 0.4) is 0 Å². The summed E-state index contributed by atoms with van der Waals surface area (Å²) in [6.07, 6.45) is 6.48. The lowest BCUT2D eigenvalue weighted by Crippen LogP contribution is -2.38. The SMILES string of the molecule is [O-][N+]1=C2CCc3nonc3C2=NC12CCCCC2. The summed E-state index contributed by atoms with van der Waals surface area (Å²) in [5, 5.41) is 20.3. The predicted molar refractivity (Wildman–Crippen MR) is 63.6 cm³/mol. The largest absolute Gasteiger partial charge is 0.622 e. The van der Waals surface area contributed by atoms with E-state index in [0.29, 0.717) is 12.1 Å². The molecule has 1 saturated carbocycles. The van der Waals surface area contributed by atoms with Gasteiger partial charge in [0.05, 0.1) is 0 Å². The quantitative estimate of drug-likeness (QED) is 0.512. The average Bonchev–Trinajstić information content (AvgIpc) is 2.96. The van der Waals surface area contributed by atoms with E-state index in [1.54, 1.807) is 0 Å². The summed E-state index contributed by atoms with van der Waals surface area (Å²) in [5.74, 6) is 0. The third-order valence-corrected chi connectivity index (χ3v) is 4.25. The van der Waals surface area contributed by atoms with Gasteiger partial charge in [-0.1, -0.05) is 11.6 Å². The van der Waals surface area contributed by atoms with Gasteiger partial charge in [-0.05, 0) is 18.0 Å². The van der Waals surface area contributed by atoms with Crippen molar-refractivity contribution in [1.29, 1.82) is 0 Å². The first-order valence-corrected chi connectivity index (χ1v) is 6.55. The van der Waals surface area contributed by atoms with Crippen LogP contribution in [0.5, 0.6) is 0 Å². The van der Waals surface area contributed by atoms with Crippen molar-refractivity contribution in [2.24, 2.45) is 4.99 Å². The van der Waals surface area contributed by atoms with Crippen molar-refractivity contribution >= 4 is 11.4 Å². The van der Waals surface area contributed by atoms with E-state index in [4.69, 9.17) is 9.62 Å². The van der Waals surface area contributed by atoms with E-state index in [0.717, 1.165) is 54.0 Å². The van der Waals surface area contributed by atoms with E-state index in [2.05, 4.69) is 10.3 Å². The van der Waals surface area contributed by atoms with Crippen LogP contribution in [0.25, 0.3) is 0 Å². The van der Waals surface area contributed by atoms with Gasteiger partial charge in [0, 0.05) is 25.7 Å². The molecule has 1 aromatic heterocycles. The molecule has 1 aliphatic heterocycles. The molecule has 0 unspecified atom stereocenters. The monoisotopic (exact) mass is 246 g/mol. The van der Waals surface area contributed by atoms with Gasteiger partial charge >= 0.3 is 0 Å². The molecule has 0 amide bonds. The van der Waals surface area contributed by atoms with Gasteiger partial charge in [0.15, 0.2) is 11.4 Å². The minimum Gasteiger partial charge on any atom is -0.622 e. The Morgan fingerprint density at radius 3 is 2.78 bits per heavy atom. The molecule has 2 aliphatic carbocycles. The number of aromatic nitrogens is 2. The van der Waals surface area contributed by atoms with E-state index in [9.17, 15) is 5.21 Å². The lowest BCUT2D eigenvalue weighted by atomic mass is 9.90. The Balaban J connectivity index is 1.86. The maximum atomic E-state index is 12.5. The number of fused-ring (bicyclic) bond motifs is 3. The number of nitrogens with zero attached hydrogens (tertiary/aromatic N) is 4. The van der Waals surface area contributed by atoms with Crippen LogP contribution in [0, 0.1) is 5.21 Å². The highest BCUT2D eigenvalue weighted by Gasteiger charge is 2.50. The second-order valence-electron chi connectivity index (χ2n) is 5.30. The molecule has 0 atom stereocenters. The molecule has 6 heteroatoms. The second-order valence-corrected chi connectivity index (χ2v) is 5.30. The van der Waals surface area contributed by atoms with Crippen LogP contribution >= 0.6 is 0 Å². The van der Waals surface area contributed by atoms with Gasteiger partial charge in [0.1, 0.15) is 5.69 Å². The zero-order chi connectivity index (χ0) is 12.2. The molecule has 1 fully saturated rings. The Hall–Kier alpha value is -1.72. The summed E-state index contributed by atoms with van der Waals surface area (Å²) in [5.41, 5.74) is 2.47. The van der Waals surface area contributed by atoms with Gasteiger partial charge in [-0.15, -0.1) is 0 Å². The molecule has 0 aromatic carbocycles. The molecule has 1 aromatic rings. The standard InChI is InChI=1S/C12H14N4O2/c17-16-9-5-4-8-10(15-18-14-8)11(9)13-12(16)6-2-1-3-7-12/h1-7H2. The normalized spacial score (nSPS) is 25.0. The van der Waals surface area contributed by atoms with Crippen LogP contribution in [0.1, 0.15) is 49.9 Å². The molecule has 0 N–H and O–H groups in total. The summed E-state index contributed by atoms with van der Waals surface area (Å²) in [7, 11) is 0. The minimum absolute atomic E-state index is 0.552. The summed E-state index contributed by atoms with van der Waals surface area (Å²) < 4.78 is 5.92. The second kappa shape index (κ2) is 3.40. The fraction of sp³-hybridized carbons (Fsp3) is 0.667. The van der Waals surface area contributed by atoms with Crippen molar-refractivity contribution in [1.82, 2.24) is 10.3 Å². The number of aryl methyl sites for hydroxylation is 1. The van der Waals surface area contributed by atoms with Crippen molar-refractivity contribution in [2.75, 3.05) is 0 Å². The smallest absolute Gasteiger partial charge is 0.266 e. The van der Waals surface area contributed by atoms with Crippen molar-refractivity contribution in [3.8, 4) is 0 Å². The summed E-state index contributed by atoms with van der Waals surface area (Å²) in [4.78, 5) is 4.73. The van der Waals surface area contributed by atoms with Crippen LogP contribution in [0.4, 0.5) is 0 Å². The van der Waals surface area contributed by atoms with Crippen LogP contribution in [0.15, 0.2) is 9.62 Å². The lowest BCUT2D eigenvalue weighted by molar-refractivity contribution is -0.548. The predicted octanol–water partition coefficient (Wildman–Crippen LogP) is 1.43. The van der Waals surface area contributed by atoms with Crippen LogP contribution in [-0.4, -0.2) is 32.1 Å². The summed E-state index contributed by atoms with van der Waals surface area (Å²) in [6.45, 7) is 0. The Kier molecular flexibility index (Phi) is 1.93. The fourth-order valence-electron chi connectivity index (χ4n) is 3.30. The number of aliphatic imine (C=N–C) groups is 1. The Labute approximate surface area is 104 Å². The Bertz CT molecular complexity index is 566. The molecule has 94 valence electrons. The third-order valence-electron chi connectivity index (χ3n) is 4.25. The van der Waals surface area contributed by atoms with E-state index >= 15 is 0 Å². The first-order chi connectivity index (χ1) is 8.80. The van der Waals surface area contributed by atoms with Gasteiger partial charge < -0.3 is 5.21 Å². The molecule has 0 bridgehead atoms. The number of hydroxylamine groups is 1. The topological polar surface area (TPSA) is 77.4 Å². The van der Waals surface area contributed by atoms with E-state index in [-0.39, 0.29) is 0 Å². The molecule has 1 spiro atoms. The van der Waals surface area contributed by atoms with Crippen LogP contribution < -0.4 is 0 Å². The van der Waals surface area contributed by atoms with Gasteiger partial charge in [0.25, 0.3) is 5.66 Å². The molecule has 0 saturated heterocycles. The molecule has 2 heterocycles. The Morgan fingerprint density at radius 2 is 1.94 bits per heavy atom. The first kappa shape index (κ1) is 10.2. The van der Waals surface area contributed by atoms with Gasteiger partial charge in [-0.2, -0.15) is 4.74 Å². The third kappa shape index (κ3) is 1.18. The van der Waals surface area contributed by atoms with Crippen molar-refractivity contribution in [2.45, 2.75) is 50.6 Å². The molecule has 4 rings (SSSR count). The highest BCUT2D eigenvalue weighted by molar-refractivity contribution is 6.47. The fourth-order valence-corrected chi connectivity index (χ4v) is 3.30. The van der Waals surface area contributed by atoms with Crippen molar-refractivity contribution < 1.29 is 9.37 Å².